The monoisotopic (exact) mass is 241 g/mol. The van der Waals surface area contributed by atoms with Crippen molar-refractivity contribution in [2.24, 2.45) is 0 Å². The number of nitrogens with zero attached hydrogens (tertiary/aromatic N) is 3. The minimum absolute atomic E-state index is 0.153. The lowest BCUT2D eigenvalue weighted by molar-refractivity contribution is 0.187. The van der Waals surface area contributed by atoms with Gasteiger partial charge >= 0.3 is 6.08 Å². The Bertz CT molecular complexity index is 536. The van der Waals surface area contributed by atoms with Crippen LogP contribution in [0.3, 0.4) is 0 Å². The molecule has 3 rings (SSSR count). The maximum atomic E-state index is 13.1. The summed E-state index contributed by atoms with van der Waals surface area (Å²) in [5, 5.41) is 0.829. The average Bonchev–Trinajstić information content (AvgIpc) is 2.83. The van der Waals surface area contributed by atoms with Crippen molar-refractivity contribution in [3.63, 3.8) is 0 Å². The predicted molar refractivity (Wildman–Crippen MR) is 57.0 cm³/mol. The van der Waals surface area contributed by atoms with Crippen LogP contribution in [-0.4, -0.2) is 27.7 Å². The quantitative estimate of drug-likeness (QED) is 0.568. The molecule has 4 nitrogen and oxygen atoms in total. The summed E-state index contributed by atoms with van der Waals surface area (Å²) in [6, 6.07) is 2.01. The van der Waals surface area contributed by atoms with Gasteiger partial charge in [-0.2, -0.15) is 14.4 Å². The van der Waals surface area contributed by atoms with Crippen molar-refractivity contribution in [2.75, 3.05) is 13.2 Å². The minimum atomic E-state index is -0.795. The van der Waals surface area contributed by atoms with Gasteiger partial charge in [-0.1, -0.05) is 11.6 Å². The maximum Gasteiger partial charge on any atom is 0.312 e. The second-order valence-electron chi connectivity index (χ2n) is 3.76. The predicted octanol–water partition coefficient (Wildman–Crippen LogP) is 2.19. The SMILES string of the molecule is Fc1nc(Cl)c2ccn([C@H]3CCOC3)c2n1. The second-order valence-corrected chi connectivity index (χ2v) is 4.12. The smallest absolute Gasteiger partial charge is 0.312 e. The highest BCUT2D eigenvalue weighted by atomic mass is 35.5. The van der Waals surface area contributed by atoms with Gasteiger partial charge in [0, 0.05) is 12.8 Å². The van der Waals surface area contributed by atoms with E-state index in [0.717, 1.165) is 13.0 Å². The molecule has 0 aliphatic carbocycles. The number of halogens is 2. The molecule has 0 N–H and O–H groups in total. The van der Waals surface area contributed by atoms with Gasteiger partial charge < -0.3 is 9.30 Å². The molecule has 3 heterocycles. The molecule has 6 heteroatoms. The molecule has 1 aliphatic heterocycles. The van der Waals surface area contributed by atoms with Crippen LogP contribution in [-0.2, 0) is 4.74 Å². The fraction of sp³-hybridized carbons (Fsp3) is 0.400. The highest BCUT2D eigenvalue weighted by molar-refractivity contribution is 6.33. The molecule has 0 aromatic carbocycles. The summed E-state index contributed by atoms with van der Waals surface area (Å²) in [6.07, 6.45) is 1.97. The Balaban J connectivity index is 2.18. The summed E-state index contributed by atoms with van der Waals surface area (Å²) in [4.78, 5) is 7.27. The van der Waals surface area contributed by atoms with Gasteiger partial charge in [-0.15, -0.1) is 0 Å². The largest absolute Gasteiger partial charge is 0.379 e. The van der Waals surface area contributed by atoms with Gasteiger partial charge in [0.05, 0.1) is 18.0 Å². The lowest BCUT2D eigenvalue weighted by Crippen LogP contribution is -2.08. The van der Waals surface area contributed by atoms with Gasteiger partial charge in [0.15, 0.2) is 0 Å². The van der Waals surface area contributed by atoms with Gasteiger partial charge in [0.25, 0.3) is 0 Å². The fourth-order valence-electron chi connectivity index (χ4n) is 2.01. The molecule has 1 fully saturated rings. The Kier molecular flexibility index (Phi) is 2.29. The van der Waals surface area contributed by atoms with Crippen molar-refractivity contribution in [3.05, 3.63) is 23.5 Å². The second kappa shape index (κ2) is 3.68. The number of aromatic nitrogens is 3. The third-order valence-electron chi connectivity index (χ3n) is 2.80. The third-order valence-corrected chi connectivity index (χ3v) is 3.09. The molecule has 1 aliphatic rings. The van der Waals surface area contributed by atoms with Gasteiger partial charge in [-0.3, -0.25) is 0 Å². The Morgan fingerprint density at radius 3 is 3.12 bits per heavy atom. The van der Waals surface area contributed by atoms with Crippen molar-refractivity contribution >= 4 is 22.6 Å². The Labute approximate surface area is 96.0 Å². The molecule has 2 aromatic rings. The van der Waals surface area contributed by atoms with E-state index in [1.54, 1.807) is 6.07 Å². The molecule has 0 radical (unpaired) electrons. The minimum Gasteiger partial charge on any atom is -0.379 e. The van der Waals surface area contributed by atoms with Crippen LogP contribution in [0.25, 0.3) is 11.0 Å². The van der Waals surface area contributed by atoms with Crippen molar-refractivity contribution in [2.45, 2.75) is 12.5 Å². The van der Waals surface area contributed by atoms with Crippen LogP contribution in [0.5, 0.6) is 0 Å². The number of hydrogen-bond acceptors (Lipinski definition) is 3. The van der Waals surface area contributed by atoms with Gasteiger partial charge in [0.1, 0.15) is 10.8 Å². The van der Waals surface area contributed by atoms with Gasteiger partial charge in [0.2, 0.25) is 0 Å². The molecule has 16 heavy (non-hydrogen) atoms. The zero-order valence-electron chi connectivity index (χ0n) is 8.36. The fourth-order valence-corrected chi connectivity index (χ4v) is 2.23. The van der Waals surface area contributed by atoms with Crippen LogP contribution >= 0.6 is 11.6 Å². The summed E-state index contributed by atoms with van der Waals surface area (Å²) < 4.78 is 20.3. The van der Waals surface area contributed by atoms with Crippen LogP contribution in [0, 0.1) is 6.08 Å². The van der Waals surface area contributed by atoms with Crippen molar-refractivity contribution in [1.29, 1.82) is 0 Å². The van der Waals surface area contributed by atoms with E-state index in [1.807, 2.05) is 10.8 Å². The third kappa shape index (κ3) is 1.47. The van der Waals surface area contributed by atoms with Crippen molar-refractivity contribution in [1.82, 2.24) is 14.5 Å². The normalized spacial score (nSPS) is 20.8. The molecule has 1 atom stereocenters. The topological polar surface area (TPSA) is 39.9 Å². The van der Waals surface area contributed by atoms with Gasteiger partial charge in [-0.25, -0.2) is 0 Å². The molecule has 2 aromatic heterocycles. The maximum absolute atomic E-state index is 13.1. The van der Waals surface area contributed by atoms with E-state index < -0.39 is 6.08 Å². The molecule has 0 spiro atoms. The summed E-state index contributed by atoms with van der Waals surface area (Å²) in [6.45, 7) is 1.36. The number of ether oxygens (including phenoxy) is 1. The van der Waals surface area contributed by atoms with E-state index in [1.165, 1.54) is 0 Å². The molecule has 0 amide bonds. The van der Waals surface area contributed by atoms with E-state index in [-0.39, 0.29) is 11.2 Å². The van der Waals surface area contributed by atoms with Gasteiger partial charge in [-0.05, 0) is 12.5 Å². The number of hydrogen-bond donors (Lipinski definition) is 0. The number of rotatable bonds is 1. The lowest BCUT2D eigenvalue weighted by atomic mass is 10.2. The summed E-state index contributed by atoms with van der Waals surface area (Å²) >= 11 is 5.85. The van der Waals surface area contributed by atoms with E-state index in [0.29, 0.717) is 17.6 Å². The molecule has 0 bridgehead atoms. The first-order valence-corrected chi connectivity index (χ1v) is 5.41. The van der Waals surface area contributed by atoms with Crippen molar-refractivity contribution < 1.29 is 9.13 Å². The Hall–Kier alpha value is -1.20. The highest BCUT2D eigenvalue weighted by Gasteiger charge is 2.20. The summed E-state index contributed by atoms with van der Waals surface area (Å²) in [7, 11) is 0. The first-order chi connectivity index (χ1) is 7.75. The van der Waals surface area contributed by atoms with E-state index in [4.69, 9.17) is 16.3 Å². The van der Waals surface area contributed by atoms with Crippen LogP contribution in [0.15, 0.2) is 12.3 Å². The number of fused-ring (bicyclic) bond motifs is 1. The first-order valence-electron chi connectivity index (χ1n) is 5.03. The average molecular weight is 242 g/mol. The van der Waals surface area contributed by atoms with E-state index >= 15 is 0 Å². The first kappa shape index (κ1) is 9.99. The molecule has 0 saturated carbocycles. The highest BCUT2D eigenvalue weighted by Crippen LogP contribution is 2.27. The molecule has 84 valence electrons. The molecular formula is C10H9ClFN3O. The molecule has 1 saturated heterocycles. The Morgan fingerprint density at radius 2 is 2.38 bits per heavy atom. The van der Waals surface area contributed by atoms with Crippen LogP contribution in [0.2, 0.25) is 5.15 Å². The summed E-state index contributed by atoms with van der Waals surface area (Å²) in [5.74, 6) is 0. The zero-order chi connectivity index (χ0) is 11.1. The standard InChI is InChI=1S/C10H9ClFN3O/c11-8-7-1-3-15(6-2-4-16-5-6)9(7)14-10(12)13-8/h1,3,6H,2,4-5H2/t6-/m0/s1. The van der Waals surface area contributed by atoms with Crippen LogP contribution in [0.4, 0.5) is 4.39 Å². The van der Waals surface area contributed by atoms with E-state index in [9.17, 15) is 4.39 Å². The molecular weight excluding hydrogens is 233 g/mol. The summed E-state index contributed by atoms with van der Waals surface area (Å²) in [5.41, 5.74) is 0.535. The zero-order valence-corrected chi connectivity index (χ0v) is 9.12. The van der Waals surface area contributed by atoms with Crippen molar-refractivity contribution in [3.8, 4) is 0 Å². The van der Waals surface area contributed by atoms with Crippen LogP contribution in [0.1, 0.15) is 12.5 Å². The van der Waals surface area contributed by atoms with E-state index in [2.05, 4.69) is 9.97 Å². The molecule has 0 unspecified atom stereocenters. The lowest BCUT2D eigenvalue weighted by Gasteiger charge is -2.10. The Morgan fingerprint density at radius 1 is 1.50 bits per heavy atom. The van der Waals surface area contributed by atoms with Crippen LogP contribution < -0.4 is 0 Å².